The Balaban J connectivity index is 1.82. The summed E-state index contributed by atoms with van der Waals surface area (Å²) in [5.74, 6) is -0.592. The summed E-state index contributed by atoms with van der Waals surface area (Å²) >= 11 is 0. The Bertz CT molecular complexity index is 1450. The second-order valence-electron chi connectivity index (χ2n) is 10.7. The van der Waals surface area contributed by atoms with Gasteiger partial charge in [0.1, 0.15) is 0 Å². The monoisotopic (exact) mass is 619 g/mol. The van der Waals surface area contributed by atoms with E-state index >= 15 is 0 Å². The summed E-state index contributed by atoms with van der Waals surface area (Å²) in [6.45, 7) is 3.48. The van der Waals surface area contributed by atoms with Crippen molar-refractivity contribution in [2.45, 2.75) is 51.5 Å². The molecule has 0 N–H and O–H groups in total. The van der Waals surface area contributed by atoms with E-state index in [-0.39, 0.29) is 29.4 Å². The van der Waals surface area contributed by atoms with Crippen LogP contribution in [0, 0.1) is 23.2 Å². The number of aromatic nitrogens is 4. The summed E-state index contributed by atoms with van der Waals surface area (Å²) in [5.41, 5.74) is -3.89. The fraction of sp³-hybridized carbons (Fsp3) is 0.481. The largest absolute Gasteiger partial charge is 0.416 e. The quantitative estimate of drug-likeness (QED) is 0.264. The lowest BCUT2D eigenvalue weighted by Crippen LogP contribution is -2.49. The van der Waals surface area contributed by atoms with Gasteiger partial charge in [0, 0.05) is 32.2 Å². The predicted molar refractivity (Wildman–Crippen MR) is 135 cm³/mol. The van der Waals surface area contributed by atoms with E-state index in [1.54, 1.807) is 0 Å². The highest BCUT2D eigenvalue weighted by atomic mass is 19.4. The Labute approximate surface area is 240 Å². The molecule has 7 nitrogen and oxygen atoms in total. The van der Waals surface area contributed by atoms with Crippen molar-refractivity contribution in [3.8, 4) is 6.07 Å². The first kappa shape index (κ1) is 32.1. The van der Waals surface area contributed by atoms with Gasteiger partial charge in [0.15, 0.2) is 0 Å². The Morgan fingerprint density at radius 2 is 1.47 bits per heavy atom. The third-order valence-corrected chi connectivity index (χ3v) is 7.07. The third-order valence-electron chi connectivity index (χ3n) is 7.07. The van der Waals surface area contributed by atoms with E-state index in [1.165, 1.54) is 18.0 Å². The highest BCUT2D eigenvalue weighted by Crippen LogP contribution is 2.40. The van der Waals surface area contributed by atoms with Gasteiger partial charge < -0.3 is 4.90 Å². The number of tetrazole rings is 1. The minimum atomic E-state index is -5.09. The molecule has 1 saturated heterocycles. The van der Waals surface area contributed by atoms with E-state index in [4.69, 9.17) is 0 Å². The average Bonchev–Trinajstić information content (AvgIpc) is 3.30. The molecule has 0 radical (unpaired) electrons. The van der Waals surface area contributed by atoms with Crippen LogP contribution in [0.2, 0.25) is 0 Å². The van der Waals surface area contributed by atoms with E-state index in [1.807, 2.05) is 18.7 Å². The van der Waals surface area contributed by atoms with Crippen molar-refractivity contribution in [2.24, 2.45) is 18.9 Å². The lowest BCUT2D eigenvalue weighted by Gasteiger charge is -2.44. The molecule has 2 aromatic carbocycles. The molecule has 1 aliphatic rings. The molecule has 232 valence electrons. The van der Waals surface area contributed by atoms with Gasteiger partial charge in [0.2, 0.25) is 0 Å². The number of likely N-dealkylation sites (tertiary alicyclic amines) is 1. The zero-order valence-corrected chi connectivity index (χ0v) is 23.1. The Morgan fingerprint density at radius 3 is 1.93 bits per heavy atom. The molecule has 0 spiro atoms. The van der Waals surface area contributed by atoms with E-state index < -0.39 is 59.9 Å². The van der Waals surface area contributed by atoms with Gasteiger partial charge in [-0.05, 0) is 58.2 Å². The number of benzene rings is 2. The number of hydrogen-bond acceptors (Lipinski definition) is 6. The molecule has 1 aliphatic heterocycles. The maximum Gasteiger partial charge on any atom is 0.416 e. The van der Waals surface area contributed by atoms with Gasteiger partial charge >= 0.3 is 18.5 Å². The van der Waals surface area contributed by atoms with E-state index in [0.29, 0.717) is 30.8 Å². The van der Waals surface area contributed by atoms with Gasteiger partial charge in [-0.15, -0.1) is 5.10 Å². The molecule has 2 heterocycles. The third kappa shape index (κ3) is 7.38. The van der Waals surface area contributed by atoms with Crippen molar-refractivity contribution in [2.75, 3.05) is 18.0 Å². The van der Waals surface area contributed by atoms with Crippen LogP contribution in [0.15, 0.2) is 36.4 Å². The molecule has 1 fully saturated rings. The summed E-state index contributed by atoms with van der Waals surface area (Å²) in [4.78, 5) is 4.12. The minimum Gasteiger partial charge on any atom is -0.330 e. The number of halogens is 9. The number of alkyl halides is 9. The van der Waals surface area contributed by atoms with Gasteiger partial charge in [-0.2, -0.15) is 49.6 Å². The summed E-state index contributed by atoms with van der Waals surface area (Å²) in [6.07, 6.45) is -14.9. The molecule has 43 heavy (non-hydrogen) atoms. The topological polar surface area (TPSA) is 73.9 Å². The van der Waals surface area contributed by atoms with Crippen LogP contribution in [0.5, 0.6) is 0 Å². The molecule has 4 rings (SSSR count). The molecule has 0 bridgehead atoms. The van der Waals surface area contributed by atoms with E-state index in [2.05, 4.69) is 21.5 Å². The van der Waals surface area contributed by atoms with E-state index in [0.717, 1.165) is 16.9 Å². The molecular weight excluding hydrogens is 593 g/mol. The van der Waals surface area contributed by atoms with Gasteiger partial charge in [-0.1, -0.05) is 25.0 Å². The highest BCUT2D eigenvalue weighted by molar-refractivity contribution is 5.42. The molecule has 1 aromatic heterocycles. The second kappa shape index (κ2) is 11.7. The van der Waals surface area contributed by atoms with Crippen molar-refractivity contribution >= 4 is 5.95 Å². The first-order valence-corrected chi connectivity index (χ1v) is 13.0. The lowest BCUT2D eigenvalue weighted by molar-refractivity contribution is -0.143. The first-order chi connectivity index (χ1) is 19.9. The molecule has 0 saturated carbocycles. The summed E-state index contributed by atoms with van der Waals surface area (Å²) in [7, 11) is 1.38. The number of nitrogens with zero attached hydrogens (tertiary/aromatic N) is 7. The predicted octanol–water partition coefficient (Wildman–Crippen LogP) is 6.63. The van der Waals surface area contributed by atoms with Gasteiger partial charge in [-0.25, -0.2) is 0 Å². The molecule has 0 unspecified atom stereocenters. The van der Waals surface area contributed by atoms with Crippen LogP contribution in [0.25, 0.3) is 0 Å². The van der Waals surface area contributed by atoms with Crippen molar-refractivity contribution < 1.29 is 39.5 Å². The SMILES string of the molecule is CC(C)[C@@H](c1ccc(C(F)(F)F)cc1CN(Cc1cc(C(F)(F)F)cc(C(F)(F)F)c1)c1nnn(C)n1)N1CC(C#N)C1. The Kier molecular flexibility index (Phi) is 8.70. The highest BCUT2D eigenvalue weighted by Gasteiger charge is 2.39. The molecule has 3 aromatic rings. The first-order valence-electron chi connectivity index (χ1n) is 13.0. The normalized spacial score (nSPS) is 15.8. The molecule has 16 heteroatoms. The van der Waals surface area contributed by atoms with Crippen LogP contribution in [0.1, 0.15) is 53.3 Å². The standard InChI is InChI=1S/C27H26F9N7/c1-15(2)23(42-12-17(10-37)13-42)22-5-4-19(25(28,29)30)8-18(22)14-43(24-38-40-41(3)39-24)11-16-6-20(26(31,32)33)9-21(7-16)27(34,35)36/h4-9,15,17,23H,11-14H2,1-3H3/t23-/m0/s1. The van der Waals surface area contributed by atoms with Crippen molar-refractivity contribution in [3.05, 3.63) is 69.8 Å². The summed E-state index contributed by atoms with van der Waals surface area (Å²) in [6, 6.07) is 5.95. The van der Waals surface area contributed by atoms with Crippen LogP contribution in [-0.2, 0) is 38.7 Å². The van der Waals surface area contributed by atoms with Crippen molar-refractivity contribution in [1.82, 2.24) is 25.1 Å². The van der Waals surface area contributed by atoms with Gasteiger partial charge in [0.05, 0.1) is 35.7 Å². The Hall–Kier alpha value is -3.87. The van der Waals surface area contributed by atoms with Crippen LogP contribution in [0.3, 0.4) is 0 Å². The molecule has 0 amide bonds. The molecule has 1 atom stereocenters. The van der Waals surface area contributed by atoms with Crippen LogP contribution in [-0.4, -0.2) is 38.2 Å². The van der Waals surface area contributed by atoms with Crippen LogP contribution in [0.4, 0.5) is 45.5 Å². The summed E-state index contributed by atoms with van der Waals surface area (Å²) in [5, 5.41) is 20.8. The number of hydrogen-bond donors (Lipinski definition) is 0. The molecular formula is C27H26F9N7. The maximum atomic E-state index is 13.8. The van der Waals surface area contributed by atoms with Crippen molar-refractivity contribution in [1.29, 1.82) is 5.26 Å². The second-order valence-corrected chi connectivity index (χ2v) is 10.7. The number of anilines is 1. The lowest BCUT2D eigenvalue weighted by atomic mass is 9.85. The number of aryl methyl sites for hydroxylation is 1. The number of nitriles is 1. The zero-order valence-electron chi connectivity index (χ0n) is 23.1. The van der Waals surface area contributed by atoms with Gasteiger partial charge in [-0.3, -0.25) is 4.90 Å². The van der Waals surface area contributed by atoms with E-state index in [9.17, 15) is 44.8 Å². The average molecular weight is 620 g/mol. The zero-order chi connectivity index (χ0) is 31.9. The Morgan fingerprint density at radius 1 is 0.884 bits per heavy atom. The van der Waals surface area contributed by atoms with Crippen LogP contribution >= 0.6 is 0 Å². The fourth-order valence-corrected chi connectivity index (χ4v) is 5.14. The maximum absolute atomic E-state index is 13.8. The van der Waals surface area contributed by atoms with Crippen molar-refractivity contribution in [3.63, 3.8) is 0 Å². The smallest absolute Gasteiger partial charge is 0.330 e. The fourth-order valence-electron chi connectivity index (χ4n) is 5.14. The van der Waals surface area contributed by atoms with Crippen LogP contribution < -0.4 is 4.90 Å². The summed E-state index contributed by atoms with van der Waals surface area (Å²) < 4.78 is 123. The molecule has 0 aliphatic carbocycles. The number of rotatable bonds is 8. The van der Waals surface area contributed by atoms with Gasteiger partial charge in [0.25, 0.3) is 5.95 Å². The minimum absolute atomic E-state index is 0.00583.